The summed E-state index contributed by atoms with van der Waals surface area (Å²) in [4.78, 5) is 14.5. The SMILES string of the molecule is C[C@H]1CO[C@]2(c3ccccc3Cl)c3cc(Cl)ccc3NC(=O)CN12. The number of anilines is 1. The molecular formula is C18H16Cl2N2O2. The molecule has 2 aliphatic heterocycles. The van der Waals surface area contributed by atoms with Gasteiger partial charge >= 0.3 is 0 Å². The zero-order valence-corrected chi connectivity index (χ0v) is 14.6. The third-order valence-electron chi connectivity index (χ3n) is 4.64. The number of halogens is 2. The highest BCUT2D eigenvalue weighted by atomic mass is 35.5. The minimum atomic E-state index is -0.933. The van der Waals surface area contributed by atoms with Crippen molar-refractivity contribution in [2.75, 3.05) is 18.5 Å². The maximum absolute atomic E-state index is 12.4. The molecule has 2 heterocycles. The van der Waals surface area contributed by atoms with E-state index in [4.69, 9.17) is 27.9 Å². The van der Waals surface area contributed by atoms with Crippen molar-refractivity contribution >= 4 is 34.8 Å². The highest BCUT2D eigenvalue weighted by Gasteiger charge is 2.53. The second kappa shape index (κ2) is 5.74. The molecule has 0 saturated carbocycles. The molecule has 1 amide bonds. The Morgan fingerprint density at radius 1 is 1.21 bits per heavy atom. The molecule has 4 rings (SSSR count). The molecule has 1 fully saturated rings. The summed E-state index contributed by atoms with van der Waals surface area (Å²) < 4.78 is 6.32. The predicted molar refractivity (Wildman–Crippen MR) is 94.4 cm³/mol. The second-order valence-electron chi connectivity index (χ2n) is 6.15. The van der Waals surface area contributed by atoms with Gasteiger partial charge in [0, 0.05) is 32.9 Å². The number of fused-ring (bicyclic) bond motifs is 3. The smallest absolute Gasteiger partial charge is 0.238 e. The van der Waals surface area contributed by atoms with Gasteiger partial charge in [-0.25, -0.2) is 0 Å². The van der Waals surface area contributed by atoms with Crippen molar-refractivity contribution in [3.05, 3.63) is 63.6 Å². The molecule has 0 aromatic heterocycles. The molecule has 24 heavy (non-hydrogen) atoms. The molecule has 0 bridgehead atoms. The van der Waals surface area contributed by atoms with Crippen LogP contribution in [-0.4, -0.2) is 30.0 Å². The Bertz CT molecular complexity index is 826. The minimum absolute atomic E-state index is 0.0666. The summed E-state index contributed by atoms with van der Waals surface area (Å²) in [5, 5.41) is 4.13. The molecule has 2 aromatic rings. The number of benzene rings is 2. The van der Waals surface area contributed by atoms with Crippen LogP contribution in [0.5, 0.6) is 0 Å². The van der Waals surface area contributed by atoms with Crippen LogP contribution < -0.4 is 5.32 Å². The molecule has 1 saturated heterocycles. The van der Waals surface area contributed by atoms with Crippen LogP contribution in [-0.2, 0) is 15.3 Å². The van der Waals surface area contributed by atoms with Crippen LogP contribution in [0.25, 0.3) is 0 Å². The van der Waals surface area contributed by atoms with Gasteiger partial charge in [-0.3, -0.25) is 9.69 Å². The number of nitrogens with zero attached hydrogens (tertiary/aromatic N) is 1. The molecule has 2 aliphatic rings. The Hall–Kier alpha value is -1.59. The fourth-order valence-corrected chi connectivity index (χ4v) is 4.02. The van der Waals surface area contributed by atoms with Crippen molar-refractivity contribution in [3.8, 4) is 0 Å². The van der Waals surface area contributed by atoms with E-state index in [1.807, 2.05) is 48.2 Å². The average molecular weight is 363 g/mol. The van der Waals surface area contributed by atoms with Crippen LogP contribution in [0.1, 0.15) is 18.1 Å². The lowest BCUT2D eigenvalue weighted by Crippen LogP contribution is -2.47. The van der Waals surface area contributed by atoms with Crippen molar-refractivity contribution in [1.82, 2.24) is 4.90 Å². The Morgan fingerprint density at radius 2 is 2.00 bits per heavy atom. The number of carbonyl (C=O) groups is 1. The second-order valence-corrected chi connectivity index (χ2v) is 6.99. The number of ether oxygens (including phenoxy) is 1. The molecule has 2 aromatic carbocycles. The molecule has 4 nitrogen and oxygen atoms in total. The highest BCUT2D eigenvalue weighted by molar-refractivity contribution is 6.31. The van der Waals surface area contributed by atoms with Gasteiger partial charge in [-0.05, 0) is 31.2 Å². The lowest BCUT2D eigenvalue weighted by molar-refractivity contribution is -0.121. The maximum Gasteiger partial charge on any atom is 0.238 e. The Labute approximate surface area is 150 Å². The number of hydrogen-bond acceptors (Lipinski definition) is 3. The molecule has 124 valence electrons. The van der Waals surface area contributed by atoms with E-state index in [0.29, 0.717) is 22.3 Å². The van der Waals surface area contributed by atoms with Crippen LogP contribution >= 0.6 is 23.2 Å². The molecule has 0 unspecified atom stereocenters. The van der Waals surface area contributed by atoms with E-state index in [2.05, 4.69) is 5.32 Å². The minimum Gasteiger partial charge on any atom is -0.350 e. The average Bonchev–Trinajstić information content (AvgIpc) is 2.81. The van der Waals surface area contributed by atoms with Gasteiger partial charge in [0.25, 0.3) is 0 Å². The van der Waals surface area contributed by atoms with E-state index in [1.165, 1.54) is 0 Å². The van der Waals surface area contributed by atoms with E-state index in [-0.39, 0.29) is 18.5 Å². The van der Waals surface area contributed by atoms with Gasteiger partial charge in [-0.1, -0.05) is 41.4 Å². The van der Waals surface area contributed by atoms with Crippen molar-refractivity contribution < 1.29 is 9.53 Å². The van der Waals surface area contributed by atoms with Crippen LogP contribution in [0.15, 0.2) is 42.5 Å². The first-order valence-corrected chi connectivity index (χ1v) is 8.53. The molecule has 6 heteroatoms. The summed E-state index contributed by atoms with van der Waals surface area (Å²) in [5.74, 6) is -0.0788. The summed E-state index contributed by atoms with van der Waals surface area (Å²) in [6.45, 7) is 2.77. The van der Waals surface area contributed by atoms with Crippen LogP contribution in [0, 0.1) is 0 Å². The highest BCUT2D eigenvalue weighted by Crippen LogP contribution is 2.49. The lowest BCUT2D eigenvalue weighted by Gasteiger charge is -2.38. The fraction of sp³-hybridized carbons (Fsp3) is 0.278. The van der Waals surface area contributed by atoms with E-state index < -0.39 is 5.72 Å². The largest absolute Gasteiger partial charge is 0.350 e. The van der Waals surface area contributed by atoms with Crippen molar-refractivity contribution in [2.45, 2.75) is 18.7 Å². The van der Waals surface area contributed by atoms with Gasteiger partial charge in [0.2, 0.25) is 5.91 Å². The predicted octanol–water partition coefficient (Wildman–Crippen LogP) is 3.87. The lowest BCUT2D eigenvalue weighted by atomic mass is 9.91. The first-order valence-electron chi connectivity index (χ1n) is 7.78. The van der Waals surface area contributed by atoms with Crippen LogP contribution in [0.4, 0.5) is 5.69 Å². The van der Waals surface area contributed by atoms with Gasteiger partial charge < -0.3 is 10.1 Å². The van der Waals surface area contributed by atoms with Gasteiger partial charge in [0.05, 0.1) is 13.2 Å². The van der Waals surface area contributed by atoms with E-state index in [0.717, 1.165) is 11.1 Å². The Balaban J connectivity index is 2.06. The molecule has 1 N–H and O–H groups in total. The molecule has 0 aliphatic carbocycles. The van der Waals surface area contributed by atoms with Crippen molar-refractivity contribution in [3.63, 3.8) is 0 Å². The van der Waals surface area contributed by atoms with Gasteiger partial charge in [0.15, 0.2) is 5.72 Å². The van der Waals surface area contributed by atoms with Gasteiger partial charge in [-0.15, -0.1) is 0 Å². The molecule has 2 atom stereocenters. The normalized spacial score (nSPS) is 26.5. The first kappa shape index (κ1) is 15.9. The fourth-order valence-electron chi connectivity index (χ4n) is 3.59. The Morgan fingerprint density at radius 3 is 2.79 bits per heavy atom. The summed E-state index contributed by atoms with van der Waals surface area (Å²) >= 11 is 12.8. The van der Waals surface area contributed by atoms with Crippen molar-refractivity contribution in [1.29, 1.82) is 0 Å². The summed E-state index contributed by atoms with van der Waals surface area (Å²) in [5.41, 5.74) is 1.38. The quantitative estimate of drug-likeness (QED) is 0.837. The van der Waals surface area contributed by atoms with E-state index >= 15 is 0 Å². The third kappa shape index (κ3) is 2.25. The Kier molecular flexibility index (Phi) is 3.81. The number of rotatable bonds is 1. The van der Waals surface area contributed by atoms with E-state index in [1.54, 1.807) is 6.07 Å². The monoisotopic (exact) mass is 362 g/mol. The number of nitrogens with one attached hydrogen (secondary N) is 1. The van der Waals surface area contributed by atoms with Gasteiger partial charge in [0.1, 0.15) is 0 Å². The maximum atomic E-state index is 12.4. The summed E-state index contributed by atoms with van der Waals surface area (Å²) in [7, 11) is 0. The first-order chi connectivity index (χ1) is 11.5. The third-order valence-corrected chi connectivity index (χ3v) is 5.21. The van der Waals surface area contributed by atoms with Crippen LogP contribution in [0.2, 0.25) is 10.0 Å². The molecule has 0 radical (unpaired) electrons. The standard InChI is InChI=1S/C18H16Cl2N2O2/c1-11-10-24-18(13-4-2-3-5-15(13)20)14-8-12(19)6-7-16(14)21-17(23)9-22(11)18/h2-8,11H,9-10H2,1H3,(H,21,23)/t11-,18+/m0/s1. The number of hydrogen-bond donors (Lipinski definition) is 1. The number of carbonyl (C=O) groups excluding carboxylic acids is 1. The summed E-state index contributed by atoms with van der Waals surface area (Å²) in [6, 6.07) is 13.1. The van der Waals surface area contributed by atoms with Crippen molar-refractivity contribution in [2.24, 2.45) is 0 Å². The summed E-state index contributed by atoms with van der Waals surface area (Å²) in [6.07, 6.45) is 0. The van der Waals surface area contributed by atoms with E-state index in [9.17, 15) is 4.79 Å². The number of amides is 1. The molecule has 0 spiro atoms. The van der Waals surface area contributed by atoms with Gasteiger partial charge in [-0.2, -0.15) is 0 Å². The topological polar surface area (TPSA) is 41.6 Å². The zero-order valence-electron chi connectivity index (χ0n) is 13.1. The van der Waals surface area contributed by atoms with Crippen LogP contribution in [0.3, 0.4) is 0 Å². The zero-order chi connectivity index (χ0) is 16.9. The molecular weight excluding hydrogens is 347 g/mol.